The maximum atomic E-state index is 6.52. The van der Waals surface area contributed by atoms with E-state index in [2.05, 4.69) is 92.6 Å². The van der Waals surface area contributed by atoms with Gasteiger partial charge in [-0.25, -0.2) is 29.9 Å². The number of hydrogen-bond acceptors (Lipinski definition) is 12. The molecular formula is C54H39N9O3. The molecule has 13 rings (SSSR count). The number of rotatable bonds is 3. The second-order valence-corrected chi connectivity index (χ2v) is 17.1. The third-order valence-electron chi connectivity index (χ3n) is 12.8. The lowest BCUT2D eigenvalue weighted by atomic mass is 10.1. The molecule has 3 aromatic heterocycles. The number of fused-ring (bicyclic) bond motifs is 12. The second kappa shape index (κ2) is 13.9. The van der Waals surface area contributed by atoms with Gasteiger partial charge in [0, 0.05) is 0 Å². The highest BCUT2D eigenvalue weighted by molar-refractivity contribution is 6.19. The molecule has 0 saturated heterocycles. The van der Waals surface area contributed by atoms with Crippen molar-refractivity contribution in [3.05, 3.63) is 161 Å². The summed E-state index contributed by atoms with van der Waals surface area (Å²) < 4.78 is 19.6. The molecule has 0 amide bonds. The Morgan fingerprint density at radius 1 is 0.288 bits per heavy atom. The number of para-hydroxylation sites is 6. The molecule has 0 fully saturated rings. The van der Waals surface area contributed by atoms with E-state index in [0.29, 0.717) is 50.6 Å². The van der Waals surface area contributed by atoms with Gasteiger partial charge in [-0.15, -0.1) is 0 Å². The number of benzene rings is 7. The Morgan fingerprint density at radius 2 is 0.500 bits per heavy atom. The second-order valence-electron chi connectivity index (χ2n) is 17.1. The average Bonchev–Trinajstić information content (AvgIpc) is 3.32. The van der Waals surface area contributed by atoms with Crippen molar-refractivity contribution in [2.75, 3.05) is 14.7 Å². The Kier molecular flexibility index (Phi) is 7.99. The summed E-state index contributed by atoms with van der Waals surface area (Å²) in [7, 11) is 0. The van der Waals surface area contributed by atoms with Gasteiger partial charge in [0.1, 0.15) is 33.1 Å². The maximum Gasteiger partial charge on any atom is 0.157 e. The van der Waals surface area contributed by atoms with Crippen molar-refractivity contribution < 1.29 is 14.2 Å². The van der Waals surface area contributed by atoms with Crippen LogP contribution in [0.15, 0.2) is 128 Å². The van der Waals surface area contributed by atoms with Crippen LogP contribution in [-0.4, -0.2) is 29.9 Å². The van der Waals surface area contributed by atoms with E-state index in [-0.39, 0.29) is 0 Å². The van der Waals surface area contributed by atoms with Crippen LogP contribution in [0.1, 0.15) is 33.4 Å². The molecule has 0 unspecified atom stereocenters. The smallest absolute Gasteiger partial charge is 0.157 e. The summed E-state index contributed by atoms with van der Waals surface area (Å²) in [6, 6.07) is 36.4. The number of ether oxygens (including phenoxy) is 3. The van der Waals surface area contributed by atoms with Crippen LogP contribution in [0.2, 0.25) is 0 Å². The largest absolute Gasteiger partial charge is 0.453 e. The maximum absolute atomic E-state index is 6.52. The highest BCUT2D eigenvalue weighted by Gasteiger charge is 2.34. The van der Waals surface area contributed by atoms with E-state index < -0.39 is 0 Å². The van der Waals surface area contributed by atoms with Gasteiger partial charge in [0.05, 0.1) is 52.7 Å². The molecule has 0 spiro atoms. The zero-order valence-electron chi connectivity index (χ0n) is 36.9. The van der Waals surface area contributed by atoms with Crippen molar-refractivity contribution in [1.82, 2.24) is 29.9 Å². The van der Waals surface area contributed by atoms with Crippen molar-refractivity contribution in [1.29, 1.82) is 0 Å². The van der Waals surface area contributed by atoms with Crippen molar-refractivity contribution in [2.45, 2.75) is 41.5 Å². The third-order valence-corrected chi connectivity index (χ3v) is 12.8. The first-order valence-corrected chi connectivity index (χ1v) is 21.9. The molecule has 10 aromatic rings. The van der Waals surface area contributed by atoms with Gasteiger partial charge in [0.2, 0.25) is 0 Å². The molecule has 0 N–H and O–H groups in total. The monoisotopic (exact) mass is 861 g/mol. The standard InChI is InChI=1S/C54H39N9O3/c1-28-13-7-19-34-49(28)61(50-29(2)14-8-20-35(50)64-34)40-25-55-43-46(58-40)44-48(60-41(26-56-44)62-51-30(3)15-9-21-36(51)65-37-22-10-16-31(4)52(37)62)45-47(43)59-42(27-57-45)63-53-32(5)17-11-23-38(53)66-39-24-12-18-33(6)54(39)63/h7-27H,1-6H3. The number of anilines is 9. The van der Waals surface area contributed by atoms with Gasteiger partial charge in [-0.2, -0.15) is 0 Å². The number of nitrogens with zero attached hydrogens (tertiary/aromatic N) is 9. The summed E-state index contributed by atoms with van der Waals surface area (Å²) in [5, 5.41) is 0. The van der Waals surface area contributed by atoms with Gasteiger partial charge in [0.15, 0.2) is 52.0 Å². The lowest BCUT2D eigenvalue weighted by Crippen LogP contribution is -2.20. The van der Waals surface area contributed by atoms with Crippen LogP contribution in [0.4, 0.5) is 51.6 Å². The number of aryl methyl sites for hydroxylation is 6. The van der Waals surface area contributed by atoms with Crippen molar-refractivity contribution in [3.8, 4) is 34.5 Å². The minimum atomic E-state index is 0.530. The predicted octanol–water partition coefficient (Wildman–Crippen LogP) is 14.1. The van der Waals surface area contributed by atoms with Crippen molar-refractivity contribution in [3.63, 3.8) is 0 Å². The van der Waals surface area contributed by atoms with Crippen LogP contribution in [0.25, 0.3) is 33.1 Å². The van der Waals surface area contributed by atoms with Crippen LogP contribution >= 0.6 is 0 Å². The summed E-state index contributed by atoms with van der Waals surface area (Å²) in [6.07, 6.45) is 5.42. The predicted molar refractivity (Wildman–Crippen MR) is 258 cm³/mol. The van der Waals surface area contributed by atoms with E-state index in [1.807, 2.05) is 91.4 Å². The molecule has 12 nitrogen and oxygen atoms in total. The lowest BCUT2D eigenvalue weighted by Gasteiger charge is -2.34. The molecule has 0 saturated carbocycles. The molecule has 0 atom stereocenters. The fourth-order valence-corrected chi connectivity index (χ4v) is 9.86. The van der Waals surface area contributed by atoms with Gasteiger partial charge in [0.25, 0.3) is 0 Å². The zero-order chi connectivity index (χ0) is 44.5. The quantitative estimate of drug-likeness (QED) is 0.158. The Hall–Kier alpha value is -8.64. The van der Waals surface area contributed by atoms with Crippen molar-refractivity contribution >= 4 is 84.7 Å². The summed E-state index contributed by atoms with van der Waals surface area (Å²) in [4.78, 5) is 38.7. The Morgan fingerprint density at radius 3 is 0.712 bits per heavy atom. The van der Waals surface area contributed by atoms with Crippen LogP contribution in [0.5, 0.6) is 34.5 Å². The Labute approximate surface area is 379 Å². The normalized spacial score (nSPS) is 13.3. The summed E-state index contributed by atoms with van der Waals surface area (Å²) >= 11 is 0. The minimum Gasteiger partial charge on any atom is -0.453 e. The van der Waals surface area contributed by atoms with E-state index in [9.17, 15) is 0 Å². The average molecular weight is 862 g/mol. The Balaban J connectivity index is 1.11. The third kappa shape index (κ3) is 5.38. The topological polar surface area (TPSA) is 115 Å². The van der Waals surface area contributed by atoms with Gasteiger partial charge in [-0.05, 0) is 111 Å². The molecule has 6 heterocycles. The molecular weight excluding hydrogens is 823 g/mol. The van der Waals surface area contributed by atoms with E-state index in [4.69, 9.17) is 44.1 Å². The van der Waals surface area contributed by atoms with Crippen LogP contribution in [0, 0.1) is 41.5 Å². The van der Waals surface area contributed by atoms with Crippen LogP contribution in [0.3, 0.4) is 0 Å². The summed E-state index contributed by atoms with van der Waals surface area (Å²) in [6.45, 7) is 12.5. The van der Waals surface area contributed by atoms with Gasteiger partial charge in [-0.3, -0.25) is 14.7 Å². The Bertz CT molecular complexity index is 3190. The zero-order valence-corrected chi connectivity index (χ0v) is 36.9. The molecule has 0 bridgehead atoms. The van der Waals surface area contributed by atoms with Crippen molar-refractivity contribution in [2.24, 2.45) is 0 Å². The molecule has 0 radical (unpaired) electrons. The lowest BCUT2D eigenvalue weighted by molar-refractivity contribution is 0.475. The molecule has 3 aliphatic rings. The summed E-state index contributed by atoms with van der Waals surface area (Å²) in [5.41, 5.74) is 14.7. The SMILES string of the molecule is Cc1cccc2c1N(c1cnc3c(n1)c1ncc(N4c5c(C)cccc5Oc5cccc(C)c54)nc1c1ncc(N4c5c(C)cccc5Oc5cccc(C)c54)nc31)c1c(C)cccc1O2. The molecule has 3 aliphatic heterocycles. The first kappa shape index (κ1) is 37.9. The fraction of sp³-hybridized carbons (Fsp3) is 0.111. The van der Waals surface area contributed by atoms with Crippen LogP contribution < -0.4 is 28.9 Å². The summed E-state index contributed by atoms with van der Waals surface area (Å²) in [5.74, 6) is 6.15. The molecule has 66 heavy (non-hydrogen) atoms. The van der Waals surface area contributed by atoms with Crippen LogP contribution in [-0.2, 0) is 0 Å². The van der Waals surface area contributed by atoms with E-state index in [1.165, 1.54) is 0 Å². The molecule has 0 aliphatic carbocycles. The molecule has 7 aromatic carbocycles. The molecule has 12 heteroatoms. The van der Waals surface area contributed by atoms with Gasteiger partial charge in [-0.1, -0.05) is 72.8 Å². The van der Waals surface area contributed by atoms with E-state index >= 15 is 0 Å². The van der Waals surface area contributed by atoms with E-state index in [1.54, 1.807) is 0 Å². The fourth-order valence-electron chi connectivity index (χ4n) is 9.86. The number of aromatic nitrogens is 6. The molecule has 318 valence electrons. The van der Waals surface area contributed by atoms with Gasteiger partial charge < -0.3 is 14.2 Å². The highest BCUT2D eigenvalue weighted by atomic mass is 16.5. The minimum absolute atomic E-state index is 0.530. The number of hydrogen-bond donors (Lipinski definition) is 0. The van der Waals surface area contributed by atoms with E-state index in [0.717, 1.165) is 102 Å². The first-order chi connectivity index (χ1) is 32.2. The van der Waals surface area contributed by atoms with Gasteiger partial charge >= 0.3 is 0 Å². The first-order valence-electron chi connectivity index (χ1n) is 21.9. The highest BCUT2D eigenvalue weighted by Crippen LogP contribution is 2.56.